The predicted molar refractivity (Wildman–Crippen MR) is 76.1 cm³/mol. The molecule has 0 bridgehead atoms. The molecule has 1 aliphatic rings. The van der Waals surface area contributed by atoms with Crippen LogP contribution in [0.25, 0.3) is 0 Å². The zero-order valence-corrected chi connectivity index (χ0v) is 11.9. The van der Waals surface area contributed by atoms with Gasteiger partial charge in [0.1, 0.15) is 5.82 Å². The van der Waals surface area contributed by atoms with Crippen LogP contribution in [0.15, 0.2) is 24.3 Å². The molecule has 19 heavy (non-hydrogen) atoms. The molecule has 1 N–H and O–H groups in total. The van der Waals surface area contributed by atoms with Gasteiger partial charge < -0.3 is 10.2 Å². The molecule has 1 unspecified atom stereocenters. The van der Waals surface area contributed by atoms with Gasteiger partial charge in [0.05, 0.1) is 0 Å². The number of carbonyl (C=O) groups excluding carboxylic acids is 1. The Morgan fingerprint density at radius 2 is 2.11 bits per heavy atom. The van der Waals surface area contributed by atoms with E-state index >= 15 is 0 Å². The van der Waals surface area contributed by atoms with Crippen molar-refractivity contribution in [1.29, 1.82) is 0 Å². The second-order valence-electron chi connectivity index (χ2n) is 4.79. The first kappa shape index (κ1) is 15.9. The molecule has 1 heterocycles. The van der Waals surface area contributed by atoms with Gasteiger partial charge in [0.25, 0.3) is 0 Å². The van der Waals surface area contributed by atoms with Gasteiger partial charge in [0.15, 0.2) is 0 Å². The van der Waals surface area contributed by atoms with Gasteiger partial charge in [-0.2, -0.15) is 0 Å². The van der Waals surface area contributed by atoms with E-state index in [1.165, 1.54) is 12.1 Å². The van der Waals surface area contributed by atoms with E-state index in [9.17, 15) is 9.18 Å². The Hall–Kier alpha value is -1.13. The smallest absolute Gasteiger partial charge is 0.223 e. The molecule has 1 fully saturated rings. The summed E-state index contributed by atoms with van der Waals surface area (Å²) in [6.45, 7) is 5.23. The van der Waals surface area contributed by atoms with Crippen molar-refractivity contribution in [2.45, 2.75) is 19.3 Å². The lowest BCUT2D eigenvalue weighted by atomic mass is 9.97. The Balaban J connectivity index is 0.00000180. The third-order valence-electron chi connectivity index (χ3n) is 3.37. The van der Waals surface area contributed by atoms with Crippen LogP contribution in [0, 0.1) is 5.82 Å². The summed E-state index contributed by atoms with van der Waals surface area (Å²) >= 11 is 0. The molecule has 1 aromatic rings. The van der Waals surface area contributed by atoms with E-state index in [-0.39, 0.29) is 30.0 Å². The topological polar surface area (TPSA) is 32.3 Å². The molecule has 0 spiro atoms. The molecule has 1 saturated heterocycles. The van der Waals surface area contributed by atoms with Gasteiger partial charge in [-0.3, -0.25) is 4.79 Å². The molecule has 0 aliphatic carbocycles. The van der Waals surface area contributed by atoms with Crippen LogP contribution in [-0.4, -0.2) is 37.0 Å². The lowest BCUT2D eigenvalue weighted by Crippen LogP contribution is -2.46. The molecule has 0 aromatic heterocycles. The van der Waals surface area contributed by atoms with Gasteiger partial charge in [-0.05, 0) is 23.6 Å². The Morgan fingerprint density at radius 1 is 1.42 bits per heavy atom. The van der Waals surface area contributed by atoms with Crippen molar-refractivity contribution in [1.82, 2.24) is 10.2 Å². The predicted octanol–water partition coefficient (Wildman–Crippen LogP) is 2.17. The minimum absolute atomic E-state index is 0. The maximum absolute atomic E-state index is 13.1. The fourth-order valence-electron chi connectivity index (χ4n) is 2.24. The highest BCUT2D eigenvalue weighted by Crippen LogP contribution is 2.20. The Morgan fingerprint density at radius 3 is 2.74 bits per heavy atom. The van der Waals surface area contributed by atoms with E-state index in [1.807, 2.05) is 17.9 Å². The fourth-order valence-corrected chi connectivity index (χ4v) is 2.24. The minimum Gasteiger partial charge on any atom is -0.340 e. The van der Waals surface area contributed by atoms with Gasteiger partial charge in [0, 0.05) is 32.6 Å². The molecular formula is C14H20ClFN2O. The number of rotatable bonds is 3. The maximum Gasteiger partial charge on any atom is 0.223 e. The summed E-state index contributed by atoms with van der Waals surface area (Å²) in [5.41, 5.74) is 0.887. The van der Waals surface area contributed by atoms with Gasteiger partial charge >= 0.3 is 0 Å². The third-order valence-corrected chi connectivity index (χ3v) is 3.37. The summed E-state index contributed by atoms with van der Waals surface area (Å²) in [6.07, 6.45) is 0.448. The number of halogens is 2. The van der Waals surface area contributed by atoms with Crippen LogP contribution < -0.4 is 5.32 Å². The number of benzene rings is 1. The normalized spacial score (nSPS) is 16.6. The second-order valence-corrected chi connectivity index (χ2v) is 4.79. The molecule has 1 atom stereocenters. The first-order valence-electron chi connectivity index (χ1n) is 6.41. The monoisotopic (exact) mass is 286 g/mol. The van der Waals surface area contributed by atoms with E-state index in [4.69, 9.17) is 0 Å². The molecule has 2 rings (SSSR count). The molecule has 3 nitrogen and oxygen atoms in total. The van der Waals surface area contributed by atoms with Gasteiger partial charge in [0.2, 0.25) is 5.91 Å². The lowest BCUT2D eigenvalue weighted by molar-refractivity contribution is -0.132. The first-order valence-corrected chi connectivity index (χ1v) is 6.41. The molecule has 1 aromatic carbocycles. The minimum atomic E-state index is -0.242. The van der Waals surface area contributed by atoms with Crippen molar-refractivity contribution < 1.29 is 9.18 Å². The lowest BCUT2D eigenvalue weighted by Gasteiger charge is -2.28. The number of nitrogens with one attached hydrogen (secondary N) is 1. The van der Waals surface area contributed by atoms with Gasteiger partial charge in [-0.15, -0.1) is 12.4 Å². The number of nitrogens with zero attached hydrogens (tertiary/aromatic N) is 1. The average molecular weight is 287 g/mol. The van der Waals surface area contributed by atoms with Crippen LogP contribution >= 0.6 is 12.4 Å². The second kappa shape index (κ2) is 7.46. The van der Waals surface area contributed by atoms with Crippen LogP contribution in [0.4, 0.5) is 4.39 Å². The molecule has 0 radical (unpaired) electrons. The van der Waals surface area contributed by atoms with Crippen molar-refractivity contribution >= 4 is 18.3 Å². The molecule has 1 amide bonds. The SMILES string of the molecule is CC(CC(=O)N1CCNCC1)c1cccc(F)c1.Cl. The Kier molecular flexibility index (Phi) is 6.25. The fraction of sp³-hybridized carbons (Fsp3) is 0.500. The van der Waals surface area contributed by atoms with E-state index < -0.39 is 0 Å². The summed E-state index contributed by atoms with van der Waals surface area (Å²) in [4.78, 5) is 14.0. The first-order chi connectivity index (χ1) is 8.66. The highest BCUT2D eigenvalue weighted by molar-refractivity contribution is 5.85. The number of amides is 1. The van der Waals surface area contributed by atoms with Crippen molar-refractivity contribution in [2.24, 2.45) is 0 Å². The number of carbonyl (C=O) groups is 1. The Labute approximate surface area is 119 Å². The van der Waals surface area contributed by atoms with Gasteiger partial charge in [-0.25, -0.2) is 4.39 Å². The summed E-state index contributed by atoms with van der Waals surface area (Å²) in [5.74, 6) is -0.0229. The zero-order chi connectivity index (χ0) is 13.0. The molecule has 0 saturated carbocycles. The van der Waals surface area contributed by atoms with E-state index in [0.717, 1.165) is 31.7 Å². The van der Waals surface area contributed by atoms with Crippen molar-refractivity contribution in [3.8, 4) is 0 Å². The molecule has 1 aliphatic heterocycles. The van der Waals surface area contributed by atoms with Crippen LogP contribution in [0.2, 0.25) is 0 Å². The molecule has 5 heteroatoms. The summed E-state index contributed by atoms with van der Waals surface area (Å²) < 4.78 is 13.1. The highest BCUT2D eigenvalue weighted by Gasteiger charge is 2.19. The number of piperazine rings is 1. The van der Waals surface area contributed by atoms with E-state index in [2.05, 4.69) is 5.32 Å². The van der Waals surface area contributed by atoms with Crippen LogP contribution in [0.5, 0.6) is 0 Å². The highest BCUT2D eigenvalue weighted by atomic mass is 35.5. The van der Waals surface area contributed by atoms with Crippen molar-refractivity contribution in [2.75, 3.05) is 26.2 Å². The Bertz CT molecular complexity index is 422. The van der Waals surface area contributed by atoms with Crippen LogP contribution in [0.3, 0.4) is 0 Å². The summed E-state index contributed by atoms with van der Waals surface area (Å²) in [6, 6.07) is 6.50. The third kappa shape index (κ3) is 4.48. The maximum atomic E-state index is 13.1. The molecule has 106 valence electrons. The van der Waals surface area contributed by atoms with Crippen LogP contribution in [0.1, 0.15) is 24.8 Å². The quantitative estimate of drug-likeness (QED) is 0.924. The average Bonchev–Trinajstić information content (AvgIpc) is 2.39. The largest absolute Gasteiger partial charge is 0.340 e. The van der Waals surface area contributed by atoms with Crippen molar-refractivity contribution in [3.63, 3.8) is 0 Å². The summed E-state index contributed by atoms with van der Waals surface area (Å²) in [5, 5.41) is 3.22. The van der Waals surface area contributed by atoms with Crippen LogP contribution in [-0.2, 0) is 4.79 Å². The number of hydrogen-bond donors (Lipinski definition) is 1. The zero-order valence-electron chi connectivity index (χ0n) is 11.1. The number of hydrogen-bond acceptors (Lipinski definition) is 2. The van der Waals surface area contributed by atoms with Crippen molar-refractivity contribution in [3.05, 3.63) is 35.6 Å². The molecular weight excluding hydrogens is 267 g/mol. The van der Waals surface area contributed by atoms with E-state index in [0.29, 0.717) is 6.42 Å². The standard InChI is InChI=1S/C14H19FN2O.ClH/c1-11(12-3-2-4-13(15)10-12)9-14(18)17-7-5-16-6-8-17;/h2-4,10-11,16H,5-9H2,1H3;1H. The van der Waals surface area contributed by atoms with Gasteiger partial charge in [-0.1, -0.05) is 19.1 Å². The van der Waals surface area contributed by atoms with E-state index in [1.54, 1.807) is 6.07 Å². The summed E-state index contributed by atoms with van der Waals surface area (Å²) in [7, 11) is 0.